The number of hydrogen-bond acceptors (Lipinski definition) is 5. The van der Waals surface area contributed by atoms with Crippen LogP contribution in [0.3, 0.4) is 0 Å². The van der Waals surface area contributed by atoms with Crippen molar-refractivity contribution in [3.8, 4) is 0 Å². The van der Waals surface area contributed by atoms with Gasteiger partial charge in [-0.2, -0.15) is 0 Å². The maximum Gasteiger partial charge on any atom is 0.366 e. The predicted octanol–water partition coefficient (Wildman–Crippen LogP) is 4.33. The molecule has 1 fully saturated rings. The molecule has 2 heterocycles. The number of aromatic nitrogens is 1. The lowest BCUT2D eigenvalue weighted by Gasteiger charge is -2.35. The lowest BCUT2D eigenvalue weighted by atomic mass is 9.87. The molecule has 2 aromatic rings. The van der Waals surface area contributed by atoms with Crippen molar-refractivity contribution in [3.05, 3.63) is 66.0 Å². The summed E-state index contributed by atoms with van der Waals surface area (Å²) in [6, 6.07) is 14.8. The minimum Gasteiger partial charge on any atom is -0.465 e. The molecule has 0 saturated carbocycles. The Morgan fingerprint density at radius 3 is 2.39 bits per heavy atom. The van der Waals surface area contributed by atoms with Crippen LogP contribution >= 0.6 is 0 Å². The molecule has 0 N–H and O–H groups in total. The first-order chi connectivity index (χ1) is 13.6. The molecule has 0 bridgehead atoms. The van der Waals surface area contributed by atoms with Crippen LogP contribution in [0.15, 0.2) is 54.9 Å². The van der Waals surface area contributed by atoms with Crippen molar-refractivity contribution in [3.63, 3.8) is 0 Å². The lowest BCUT2D eigenvalue weighted by molar-refractivity contribution is -0.272. The number of unbranched alkanes of at least 4 members (excludes halogenated alkanes) is 1. The zero-order valence-corrected chi connectivity index (χ0v) is 16.7. The number of carbonyl (C=O) groups excluding carboxylic acids is 1. The number of ether oxygens (including phenoxy) is 3. The Kier molecular flexibility index (Phi) is 7.18. The maximum absolute atomic E-state index is 11.7. The van der Waals surface area contributed by atoms with Gasteiger partial charge in [-0.25, -0.2) is 4.79 Å². The van der Waals surface area contributed by atoms with Crippen LogP contribution in [0, 0.1) is 5.92 Å². The van der Waals surface area contributed by atoms with Gasteiger partial charge in [0.25, 0.3) is 5.79 Å². The molecule has 3 rings (SSSR count). The van der Waals surface area contributed by atoms with Gasteiger partial charge in [0.05, 0.1) is 20.3 Å². The van der Waals surface area contributed by atoms with Gasteiger partial charge in [-0.1, -0.05) is 43.2 Å². The van der Waals surface area contributed by atoms with Crippen molar-refractivity contribution >= 4 is 5.97 Å². The molecule has 5 nitrogen and oxygen atoms in total. The first kappa shape index (κ1) is 20.5. The third kappa shape index (κ3) is 5.18. The SMILES string of the molecule is COC(=O)C1(C)OCC(CCCCC(c2ccccc2)c2ccncc2)CO1. The van der Waals surface area contributed by atoms with E-state index in [9.17, 15) is 4.79 Å². The number of nitrogens with zero attached hydrogens (tertiary/aromatic N) is 1. The molecule has 5 heteroatoms. The van der Waals surface area contributed by atoms with E-state index in [1.807, 2.05) is 12.4 Å². The minimum atomic E-state index is -1.26. The molecule has 0 radical (unpaired) electrons. The van der Waals surface area contributed by atoms with Crippen LogP contribution in [-0.2, 0) is 19.0 Å². The number of esters is 1. The molecule has 1 aliphatic rings. The highest BCUT2D eigenvalue weighted by Gasteiger charge is 2.41. The highest BCUT2D eigenvalue weighted by molar-refractivity contribution is 5.77. The van der Waals surface area contributed by atoms with Gasteiger partial charge >= 0.3 is 5.97 Å². The first-order valence-corrected chi connectivity index (χ1v) is 9.93. The Morgan fingerprint density at radius 2 is 1.75 bits per heavy atom. The second-order valence-corrected chi connectivity index (χ2v) is 7.45. The fraction of sp³-hybridized carbons (Fsp3) is 0.478. The molecule has 28 heavy (non-hydrogen) atoms. The number of rotatable bonds is 8. The molecule has 0 aliphatic carbocycles. The fourth-order valence-electron chi connectivity index (χ4n) is 3.70. The molecule has 0 spiro atoms. The van der Waals surface area contributed by atoms with E-state index in [1.165, 1.54) is 18.2 Å². The average Bonchev–Trinajstić information content (AvgIpc) is 2.75. The summed E-state index contributed by atoms with van der Waals surface area (Å²) >= 11 is 0. The van der Waals surface area contributed by atoms with Gasteiger partial charge in [-0.15, -0.1) is 0 Å². The second-order valence-electron chi connectivity index (χ2n) is 7.45. The van der Waals surface area contributed by atoms with E-state index >= 15 is 0 Å². The zero-order valence-electron chi connectivity index (χ0n) is 16.7. The van der Waals surface area contributed by atoms with Crippen molar-refractivity contribution in [2.24, 2.45) is 5.92 Å². The van der Waals surface area contributed by atoms with Gasteiger partial charge in [-0.05, 0) is 36.1 Å². The number of carbonyl (C=O) groups is 1. The summed E-state index contributed by atoms with van der Waals surface area (Å²) < 4.78 is 16.0. The molecule has 1 aliphatic heterocycles. The van der Waals surface area contributed by atoms with Crippen LogP contribution in [0.2, 0.25) is 0 Å². The van der Waals surface area contributed by atoms with E-state index in [0.29, 0.717) is 25.0 Å². The second kappa shape index (κ2) is 9.80. The molecule has 1 saturated heterocycles. The summed E-state index contributed by atoms with van der Waals surface area (Å²) in [6.45, 7) is 2.67. The Bertz CT molecular complexity index is 687. The van der Waals surface area contributed by atoms with Crippen LogP contribution in [0.5, 0.6) is 0 Å². The van der Waals surface area contributed by atoms with Crippen molar-refractivity contribution in [1.29, 1.82) is 0 Å². The van der Waals surface area contributed by atoms with Crippen molar-refractivity contribution in [2.45, 2.75) is 44.3 Å². The minimum absolute atomic E-state index is 0.314. The number of pyridine rings is 1. The molecule has 1 atom stereocenters. The van der Waals surface area contributed by atoms with Gasteiger partial charge in [0.2, 0.25) is 0 Å². The van der Waals surface area contributed by atoms with Gasteiger partial charge in [0, 0.05) is 31.2 Å². The molecule has 150 valence electrons. The first-order valence-electron chi connectivity index (χ1n) is 9.93. The van der Waals surface area contributed by atoms with E-state index < -0.39 is 11.8 Å². The molecule has 0 amide bonds. The van der Waals surface area contributed by atoms with E-state index in [2.05, 4.69) is 47.4 Å². The smallest absolute Gasteiger partial charge is 0.366 e. The van der Waals surface area contributed by atoms with Crippen LogP contribution < -0.4 is 0 Å². The average molecular weight is 383 g/mol. The Hall–Kier alpha value is -2.24. The molecular formula is C23H29NO4. The molecular weight excluding hydrogens is 354 g/mol. The van der Waals surface area contributed by atoms with E-state index in [1.54, 1.807) is 6.92 Å². The summed E-state index contributed by atoms with van der Waals surface area (Å²) in [7, 11) is 1.35. The van der Waals surface area contributed by atoms with Crippen LogP contribution in [0.1, 0.15) is 49.7 Å². The van der Waals surface area contributed by atoms with Crippen molar-refractivity contribution < 1.29 is 19.0 Å². The summed E-state index contributed by atoms with van der Waals surface area (Å²) in [4.78, 5) is 15.9. The van der Waals surface area contributed by atoms with E-state index in [-0.39, 0.29) is 0 Å². The number of benzene rings is 1. The molecule has 1 aromatic carbocycles. The van der Waals surface area contributed by atoms with E-state index in [4.69, 9.17) is 14.2 Å². The zero-order chi connectivity index (χ0) is 19.8. The Morgan fingerprint density at radius 1 is 1.11 bits per heavy atom. The number of hydrogen-bond donors (Lipinski definition) is 0. The van der Waals surface area contributed by atoms with Crippen molar-refractivity contribution in [1.82, 2.24) is 4.98 Å². The topological polar surface area (TPSA) is 57.7 Å². The third-order valence-corrected chi connectivity index (χ3v) is 5.41. The summed E-state index contributed by atoms with van der Waals surface area (Å²) in [5, 5.41) is 0. The summed E-state index contributed by atoms with van der Waals surface area (Å²) in [6.07, 6.45) is 8.05. The third-order valence-electron chi connectivity index (χ3n) is 5.41. The lowest BCUT2D eigenvalue weighted by Crippen LogP contribution is -2.48. The highest BCUT2D eigenvalue weighted by atomic mass is 16.7. The van der Waals surface area contributed by atoms with E-state index in [0.717, 1.165) is 25.7 Å². The standard InChI is InChI=1S/C23H29NO4/c1-23(22(25)26-2)27-16-18(17-28-23)8-6-7-11-21(19-9-4-3-5-10-19)20-12-14-24-15-13-20/h3-5,9-10,12-15,18,21H,6-8,11,16-17H2,1-2H3. The van der Waals surface area contributed by atoms with Crippen LogP contribution in [0.25, 0.3) is 0 Å². The van der Waals surface area contributed by atoms with Crippen LogP contribution in [-0.4, -0.2) is 37.1 Å². The summed E-state index contributed by atoms with van der Waals surface area (Å²) in [5.41, 5.74) is 2.64. The maximum atomic E-state index is 11.7. The van der Waals surface area contributed by atoms with Gasteiger partial charge in [0.1, 0.15) is 0 Å². The molecule has 1 unspecified atom stereocenters. The Labute approximate surface area is 167 Å². The Balaban J connectivity index is 1.49. The van der Waals surface area contributed by atoms with Gasteiger partial charge in [0.15, 0.2) is 0 Å². The normalized spacial score (nSPS) is 23.1. The van der Waals surface area contributed by atoms with Crippen LogP contribution in [0.4, 0.5) is 0 Å². The van der Waals surface area contributed by atoms with Gasteiger partial charge < -0.3 is 14.2 Å². The quantitative estimate of drug-likeness (QED) is 0.502. The van der Waals surface area contributed by atoms with Crippen molar-refractivity contribution in [2.75, 3.05) is 20.3 Å². The fourth-order valence-corrected chi connectivity index (χ4v) is 3.70. The monoisotopic (exact) mass is 383 g/mol. The molecule has 1 aromatic heterocycles. The largest absolute Gasteiger partial charge is 0.465 e. The van der Waals surface area contributed by atoms with Gasteiger partial charge in [-0.3, -0.25) is 4.98 Å². The summed E-state index contributed by atoms with van der Waals surface area (Å²) in [5.74, 6) is -1.04. The highest BCUT2D eigenvalue weighted by Crippen LogP contribution is 2.31. The predicted molar refractivity (Wildman–Crippen MR) is 107 cm³/mol. The number of methoxy groups -OCH3 is 1.